The average molecular weight is 321 g/mol. The largest absolute Gasteiger partial charge is 0.378 e. The number of rotatable bonds is 5. The quantitative estimate of drug-likeness (QED) is 0.834. The van der Waals surface area contributed by atoms with Crippen molar-refractivity contribution in [2.75, 3.05) is 26.3 Å². The van der Waals surface area contributed by atoms with Gasteiger partial charge in [0, 0.05) is 51.0 Å². The summed E-state index contributed by atoms with van der Waals surface area (Å²) in [6.07, 6.45) is 4.44. The monoisotopic (exact) mass is 321 g/mol. The van der Waals surface area contributed by atoms with Gasteiger partial charge in [0.15, 0.2) is 0 Å². The molecule has 5 nitrogen and oxygen atoms in total. The third-order valence-electron chi connectivity index (χ3n) is 5.32. The van der Waals surface area contributed by atoms with E-state index in [9.17, 15) is 0 Å². The van der Waals surface area contributed by atoms with Crippen LogP contribution in [0.2, 0.25) is 0 Å². The van der Waals surface area contributed by atoms with Gasteiger partial charge in [-0.15, -0.1) is 0 Å². The molecule has 130 valence electrons. The van der Waals surface area contributed by atoms with Gasteiger partial charge in [0.1, 0.15) is 5.60 Å². The molecule has 2 aliphatic heterocycles. The Morgan fingerprint density at radius 2 is 2.09 bits per heavy atom. The fraction of sp³-hybridized carbons (Fsp3) is 0.833. The maximum Gasteiger partial charge on any atom is 0.107 e. The van der Waals surface area contributed by atoms with Crippen molar-refractivity contribution in [3.63, 3.8) is 0 Å². The number of aryl methyl sites for hydroxylation is 2. The molecule has 0 saturated carbocycles. The van der Waals surface area contributed by atoms with Gasteiger partial charge in [-0.2, -0.15) is 5.10 Å². The normalized spacial score (nSPS) is 28.8. The van der Waals surface area contributed by atoms with Gasteiger partial charge in [-0.3, -0.25) is 9.58 Å². The molecule has 3 rings (SSSR count). The number of nitrogens with zero attached hydrogens (tertiary/aromatic N) is 3. The molecule has 2 saturated heterocycles. The number of hydrogen-bond acceptors (Lipinski definition) is 4. The highest BCUT2D eigenvalue weighted by Crippen LogP contribution is 2.32. The van der Waals surface area contributed by atoms with Crippen molar-refractivity contribution in [2.24, 2.45) is 7.05 Å². The smallest absolute Gasteiger partial charge is 0.107 e. The van der Waals surface area contributed by atoms with Crippen LogP contribution < -0.4 is 0 Å². The Morgan fingerprint density at radius 3 is 2.70 bits per heavy atom. The third kappa shape index (κ3) is 3.32. The van der Waals surface area contributed by atoms with Crippen LogP contribution in [0.5, 0.6) is 0 Å². The van der Waals surface area contributed by atoms with Gasteiger partial charge in [0.25, 0.3) is 0 Å². The van der Waals surface area contributed by atoms with E-state index in [0.717, 1.165) is 58.5 Å². The molecule has 2 fully saturated rings. The van der Waals surface area contributed by atoms with Crippen LogP contribution in [0.15, 0.2) is 0 Å². The Bertz CT molecular complexity index is 535. The minimum Gasteiger partial charge on any atom is -0.378 e. The Hall–Kier alpha value is -0.910. The summed E-state index contributed by atoms with van der Waals surface area (Å²) < 4.78 is 14.1. The topological polar surface area (TPSA) is 39.5 Å². The van der Waals surface area contributed by atoms with E-state index in [0.29, 0.717) is 6.10 Å². The van der Waals surface area contributed by atoms with Crippen LogP contribution in [-0.4, -0.2) is 52.7 Å². The first-order chi connectivity index (χ1) is 11.1. The summed E-state index contributed by atoms with van der Waals surface area (Å²) in [5, 5.41) is 4.73. The second-order valence-corrected chi connectivity index (χ2v) is 7.01. The first kappa shape index (κ1) is 16.9. The van der Waals surface area contributed by atoms with E-state index in [1.165, 1.54) is 17.0 Å². The molecule has 0 aromatic carbocycles. The molecule has 2 atom stereocenters. The molecule has 0 unspecified atom stereocenters. The van der Waals surface area contributed by atoms with Crippen LogP contribution in [0.25, 0.3) is 0 Å². The van der Waals surface area contributed by atoms with Crippen LogP contribution in [0.1, 0.15) is 50.6 Å². The predicted octanol–water partition coefficient (Wildman–Crippen LogP) is 2.31. The van der Waals surface area contributed by atoms with Gasteiger partial charge >= 0.3 is 0 Å². The molecular formula is C18H31N3O2. The Labute approximate surface area is 139 Å². The molecule has 0 amide bonds. The summed E-state index contributed by atoms with van der Waals surface area (Å²) in [4.78, 5) is 2.57. The lowest BCUT2D eigenvalue weighted by Gasteiger charge is -2.43. The second-order valence-electron chi connectivity index (χ2n) is 7.01. The molecule has 0 radical (unpaired) electrons. The highest BCUT2D eigenvalue weighted by Gasteiger charge is 2.43. The lowest BCUT2D eigenvalue weighted by molar-refractivity contribution is -0.156. The maximum absolute atomic E-state index is 6.38. The SMILES string of the molecule is CCc1nn(C)c(CC)c1CN1C[C@H](CC)O[C@]2(CCOC2)C1. The van der Waals surface area contributed by atoms with Gasteiger partial charge in [-0.25, -0.2) is 0 Å². The van der Waals surface area contributed by atoms with Crippen molar-refractivity contribution in [3.05, 3.63) is 17.0 Å². The fourth-order valence-corrected chi connectivity index (χ4v) is 4.12. The van der Waals surface area contributed by atoms with Crippen LogP contribution in [0, 0.1) is 0 Å². The molecule has 2 aliphatic rings. The van der Waals surface area contributed by atoms with Crippen molar-refractivity contribution in [1.29, 1.82) is 0 Å². The standard InChI is InChI=1S/C18H31N3O2/c1-5-14-10-21(12-18(23-14)8-9-22-13-18)11-15-16(6-2)19-20(4)17(15)7-3/h14H,5-13H2,1-4H3/t14-,18+/m0/s1. The zero-order chi connectivity index (χ0) is 16.4. The van der Waals surface area contributed by atoms with Crippen LogP contribution in [0.4, 0.5) is 0 Å². The fourth-order valence-electron chi connectivity index (χ4n) is 4.12. The minimum absolute atomic E-state index is 0.0834. The van der Waals surface area contributed by atoms with Crippen molar-refractivity contribution >= 4 is 0 Å². The Kier molecular flexibility index (Phi) is 5.09. The molecule has 1 aromatic rings. The lowest BCUT2D eigenvalue weighted by Crippen LogP contribution is -2.55. The number of aromatic nitrogens is 2. The molecule has 23 heavy (non-hydrogen) atoms. The van der Waals surface area contributed by atoms with E-state index in [1.807, 2.05) is 0 Å². The van der Waals surface area contributed by atoms with E-state index >= 15 is 0 Å². The predicted molar refractivity (Wildman–Crippen MR) is 90.6 cm³/mol. The van der Waals surface area contributed by atoms with Gasteiger partial charge in [-0.05, 0) is 19.3 Å². The van der Waals surface area contributed by atoms with Gasteiger partial charge in [-0.1, -0.05) is 20.8 Å². The third-order valence-corrected chi connectivity index (χ3v) is 5.32. The molecule has 0 bridgehead atoms. The van der Waals surface area contributed by atoms with E-state index in [2.05, 4.69) is 37.4 Å². The van der Waals surface area contributed by atoms with E-state index in [1.54, 1.807) is 0 Å². The van der Waals surface area contributed by atoms with E-state index < -0.39 is 0 Å². The summed E-state index contributed by atoms with van der Waals surface area (Å²) in [7, 11) is 2.07. The first-order valence-electron chi connectivity index (χ1n) is 9.12. The number of ether oxygens (including phenoxy) is 2. The zero-order valence-electron chi connectivity index (χ0n) is 15.1. The first-order valence-corrected chi connectivity index (χ1v) is 9.12. The highest BCUT2D eigenvalue weighted by atomic mass is 16.6. The lowest BCUT2D eigenvalue weighted by atomic mass is 9.97. The Morgan fingerprint density at radius 1 is 1.26 bits per heavy atom. The Balaban J connectivity index is 1.81. The molecule has 0 N–H and O–H groups in total. The molecular weight excluding hydrogens is 290 g/mol. The van der Waals surface area contributed by atoms with E-state index in [-0.39, 0.29) is 5.60 Å². The highest BCUT2D eigenvalue weighted by molar-refractivity contribution is 5.27. The average Bonchev–Trinajstić information content (AvgIpc) is 3.11. The molecule has 5 heteroatoms. The van der Waals surface area contributed by atoms with Crippen LogP contribution >= 0.6 is 0 Å². The minimum atomic E-state index is -0.0834. The van der Waals surface area contributed by atoms with Gasteiger partial charge < -0.3 is 9.47 Å². The van der Waals surface area contributed by atoms with Crippen LogP contribution in [0.3, 0.4) is 0 Å². The summed E-state index contributed by atoms with van der Waals surface area (Å²) in [5.41, 5.74) is 3.97. The summed E-state index contributed by atoms with van der Waals surface area (Å²) in [5.74, 6) is 0. The van der Waals surface area contributed by atoms with Gasteiger partial charge in [0.2, 0.25) is 0 Å². The van der Waals surface area contributed by atoms with Crippen molar-refractivity contribution in [1.82, 2.24) is 14.7 Å². The summed E-state index contributed by atoms with van der Waals surface area (Å²) >= 11 is 0. The van der Waals surface area contributed by atoms with Crippen LogP contribution in [-0.2, 0) is 35.9 Å². The molecule has 1 spiro atoms. The number of hydrogen-bond donors (Lipinski definition) is 0. The zero-order valence-corrected chi connectivity index (χ0v) is 15.1. The summed E-state index contributed by atoms with van der Waals surface area (Å²) in [6.45, 7) is 11.2. The molecule has 3 heterocycles. The van der Waals surface area contributed by atoms with Crippen molar-refractivity contribution in [2.45, 2.75) is 64.7 Å². The van der Waals surface area contributed by atoms with Gasteiger partial charge in [0.05, 0.1) is 18.4 Å². The van der Waals surface area contributed by atoms with E-state index in [4.69, 9.17) is 14.6 Å². The summed E-state index contributed by atoms with van der Waals surface area (Å²) in [6, 6.07) is 0. The van der Waals surface area contributed by atoms with Crippen molar-refractivity contribution in [3.8, 4) is 0 Å². The molecule has 1 aromatic heterocycles. The van der Waals surface area contributed by atoms with Crippen molar-refractivity contribution < 1.29 is 9.47 Å². The maximum atomic E-state index is 6.38. The second kappa shape index (κ2) is 6.91. The molecule has 0 aliphatic carbocycles. The number of morpholine rings is 1.